The quantitative estimate of drug-likeness (QED) is 0.736. The first kappa shape index (κ1) is 13.6. The van der Waals surface area contributed by atoms with Crippen LogP contribution < -0.4 is 5.73 Å². The fraction of sp³-hybridized carbons (Fsp3) is 0.133. The Labute approximate surface area is 122 Å². The Hall–Kier alpha value is -2.34. The molecule has 0 fully saturated rings. The van der Waals surface area contributed by atoms with Crippen molar-refractivity contribution < 1.29 is 12.8 Å². The van der Waals surface area contributed by atoms with Crippen molar-refractivity contribution in [2.75, 3.05) is 12.0 Å². The summed E-state index contributed by atoms with van der Waals surface area (Å²) in [6.07, 6.45) is 1.16. The third-order valence-electron chi connectivity index (χ3n) is 3.31. The molecule has 0 radical (unpaired) electrons. The number of rotatable bonds is 2. The molecule has 3 rings (SSSR count). The number of hydrogen-bond acceptors (Lipinski definition) is 5. The number of aromatic nitrogens is 1. The number of nitrogens with zero attached hydrogens (tertiary/aromatic N) is 1. The molecule has 21 heavy (non-hydrogen) atoms. The van der Waals surface area contributed by atoms with E-state index in [9.17, 15) is 8.42 Å². The molecule has 0 aliphatic rings. The number of nitrogen functional groups attached to an aromatic ring is 1. The van der Waals surface area contributed by atoms with Crippen LogP contribution in [0.3, 0.4) is 0 Å². The van der Waals surface area contributed by atoms with E-state index < -0.39 is 9.84 Å². The van der Waals surface area contributed by atoms with Crippen molar-refractivity contribution in [3.05, 3.63) is 42.0 Å². The highest BCUT2D eigenvalue weighted by atomic mass is 32.2. The average Bonchev–Trinajstić information content (AvgIpc) is 2.79. The summed E-state index contributed by atoms with van der Waals surface area (Å²) in [7, 11) is -3.27. The lowest BCUT2D eigenvalue weighted by molar-refractivity contribution is 0.602. The van der Waals surface area contributed by atoms with Gasteiger partial charge in [0.1, 0.15) is 5.52 Å². The monoisotopic (exact) mass is 302 g/mol. The second-order valence-corrected chi connectivity index (χ2v) is 6.98. The molecule has 0 amide bonds. The van der Waals surface area contributed by atoms with Gasteiger partial charge in [0.2, 0.25) is 5.89 Å². The smallest absolute Gasteiger partial charge is 0.229 e. The van der Waals surface area contributed by atoms with E-state index in [0.29, 0.717) is 22.7 Å². The molecule has 0 aliphatic carbocycles. The molecule has 0 unspecified atom stereocenters. The predicted octanol–water partition coefficient (Wildman–Crippen LogP) is 2.79. The highest BCUT2D eigenvalue weighted by Gasteiger charge is 2.15. The molecule has 0 saturated carbocycles. The minimum Gasteiger partial charge on any atom is -0.436 e. The molecule has 3 aromatic rings. The molecule has 0 saturated heterocycles. The van der Waals surface area contributed by atoms with Gasteiger partial charge in [0, 0.05) is 11.9 Å². The molecule has 6 heteroatoms. The standard InChI is InChI=1S/C15H14N2O3S/c1-9-4-3-5-11(16)14(9)15-17-12-8-10(21(2,18)19)6-7-13(12)20-15/h3-8H,16H2,1-2H3. The van der Waals surface area contributed by atoms with Gasteiger partial charge < -0.3 is 10.2 Å². The van der Waals surface area contributed by atoms with Gasteiger partial charge in [-0.05, 0) is 36.8 Å². The van der Waals surface area contributed by atoms with Crippen molar-refractivity contribution in [2.45, 2.75) is 11.8 Å². The minimum absolute atomic E-state index is 0.215. The van der Waals surface area contributed by atoms with Gasteiger partial charge >= 0.3 is 0 Å². The van der Waals surface area contributed by atoms with E-state index in [4.69, 9.17) is 10.2 Å². The third-order valence-corrected chi connectivity index (χ3v) is 4.42. The number of fused-ring (bicyclic) bond motifs is 1. The van der Waals surface area contributed by atoms with Crippen LogP contribution in [0.5, 0.6) is 0 Å². The molecule has 2 N–H and O–H groups in total. The van der Waals surface area contributed by atoms with Gasteiger partial charge in [-0.2, -0.15) is 0 Å². The highest BCUT2D eigenvalue weighted by Crippen LogP contribution is 2.31. The van der Waals surface area contributed by atoms with Crippen LogP contribution in [-0.4, -0.2) is 19.7 Å². The van der Waals surface area contributed by atoms with Crippen LogP contribution in [0.1, 0.15) is 5.56 Å². The van der Waals surface area contributed by atoms with Gasteiger partial charge in [-0.1, -0.05) is 12.1 Å². The molecule has 0 aliphatic heterocycles. The first-order valence-electron chi connectivity index (χ1n) is 6.32. The Morgan fingerprint density at radius 3 is 2.62 bits per heavy atom. The molecular weight excluding hydrogens is 288 g/mol. The Bertz CT molecular complexity index is 922. The largest absolute Gasteiger partial charge is 0.436 e. The normalized spacial score (nSPS) is 11.9. The summed E-state index contributed by atoms with van der Waals surface area (Å²) >= 11 is 0. The zero-order valence-corrected chi connectivity index (χ0v) is 12.4. The third kappa shape index (κ3) is 2.38. The van der Waals surface area contributed by atoms with E-state index in [2.05, 4.69) is 4.98 Å². The highest BCUT2D eigenvalue weighted by molar-refractivity contribution is 7.90. The number of benzene rings is 2. The molecule has 0 atom stereocenters. The summed E-state index contributed by atoms with van der Waals surface area (Å²) in [5.41, 5.74) is 9.26. The molecule has 5 nitrogen and oxygen atoms in total. The molecular formula is C15H14N2O3S. The van der Waals surface area contributed by atoms with Crippen molar-refractivity contribution in [3.8, 4) is 11.5 Å². The molecule has 2 aromatic carbocycles. The Balaban J connectivity index is 2.23. The van der Waals surface area contributed by atoms with Crippen LogP contribution in [0, 0.1) is 6.92 Å². The zero-order chi connectivity index (χ0) is 15.2. The van der Waals surface area contributed by atoms with Gasteiger partial charge in [-0.15, -0.1) is 0 Å². The zero-order valence-electron chi connectivity index (χ0n) is 11.6. The maximum atomic E-state index is 11.6. The summed E-state index contributed by atoms with van der Waals surface area (Å²) in [5, 5.41) is 0. The maximum Gasteiger partial charge on any atom is 0.229 e. The summed E-state index contributed by atoms with van der Waals surface area (Å²) in [4.78, 5) is 4.58. The second kappa shape index (κ2) is 4.60. The summed E-state index contributed by atoms with van der Waals surface area (Å²) in [6.45, 7) is 1.92. The van der Waals surface area contributed by atoms with E-state index in [0.717, 1.165) is 17.4 Å². The van der Waals surface area contributed by atoms with Gasteiger partial charge in [-0.25, -0.2) is 13.4 Å². The number of hydrogen-bond donors (Lipinski definition) is 1. The number of sulfone groups is 1. The van der Waals surface area contributed by atoms with E-state index >= 15 is 0 Å². The van der Waals surface area contributed by atoms with Crippen LogP contribution in [-0.2, 0) is 9.84 Å². The fourth-order valence-electron chi connectivity index (χ4n) is 2.23. The number of aryl methyl sites for hydroxylation is 1. The molecule has 0 bridgehead atoms. The van der Waals surface area contributed by atoms with E-state index in [1.54, 1.807) is 12.1 Å². The average molecular weight is 302 g/mol. The van der Waals surface area contributed by atoms with E-state index in [-0.39, 0.29) is 4.90 Å². The van der Waals surface area contributed by atoms with Gasteiger partial charge in [0.05, 0.1) is 10.5 Å². The number of nitrogens with two attached hydrogens (primary N) is 1. The second-order valence-electron chi connectivity index (χ2n) is 4.96. The van der Waals surface area contributed by atoms with Crippen molar-refractivity contribution >= 4 is 26.6 Å². The first-order chi connectivity index (χ1) is 9.86. The Morgan fingerprint density at radius 2 is 1.95 bits per heavy atom. The van der Waals surface area contributed by atoms with Gasteiger partial charge in [0.15, 0.2) is 15.4 Å². The lowest BCUT2D eigenvalue weighted by atomic mass is 10.1. The molecule has 108 valence electrons. The van der Waals surface area contributed by atoms with Crippen molar-refractivity contribution in [3.63, 3.8) is 0 Å². The van der Waals surface area contributed by atoms with Crippen LogP contribution in [0.25, 0.3) is 22.6 Å². The van der Waals surface area contributed by atoms with Crippen LogP contribution in [0.4, 0.5) is 5.69 Å². The van der Waals surface area contributed by atoms with Crippen LogP contribution >= 0.6 is 0 Å². The van der Waals surface area contributed by atoms with Crippen molar-refractivity contribution in [1.82, 2.24) is 4.98 Å². The minimum atomic E-state index is -3.27. The number of anilines is 1. The van der Waals surface area contributed by atoms with Crippen LogP contribution in [0.15, 0.2) is 45.7 Å². The topological polar surface area (TPSA) is 86.2 Å². The lowest BCUT2D eigenvalue weighted by Crippen LogP contribution is -1.96. The van der Waals surface area contributed by atoms with Gasteiger partial charge in [-0.3, -0.25) is 0 Å². The van der Waals surface area contributed by atoms with Crippen LogP contribution in [0.2, 0.25) is 0 Å². The fourth-order valence-corrected chi connectivity index (χ4v) is 2.87. The van der Waals surface area contributed by atoms with E-state index in [1.807, 2.05) is 19.1 Å². The molecule has 1 heterocycles. The maximum absolute atomic E-state index is 11.6. The first-order valence-corrected chi connectivity index (χ1v) is 8.21. The summed E-state index contributed by atoms with van der Waals surface area (Å²) in [5.74, 6) is 0.395. The lowest BCUT2D eigenvalue weighted by Gasteiger charge is -2.04. The van der Waals surface area contributed by atoms with Gasteiger partial charge in [0.25, 0.3) is 0 Å². The molecule has 1 aromatic heterocycles. The molecule has 0 spiro atoms. The predicted molar refractivity (Wildman–Crippen MR) is 81.7 cm³/mol. The van der Waals surface area contributed by atoms with E-state index in [1.165, 1.54) is 12.1 Å². The number of oxazole rings is 1. The Kier molecular flexibility index (Phi) is 2.98. The Morgan fingerprint density at radius 1 is 1.19 bits per heavy atom. The SMILES string of the molecule is Cc1cccc(N)c1-c1nc2cc(S(C)(=O)=O)ccc2o1. The summed E-state index contributed by atoms with van der Waals surface area (Å²) < 4.78 is 28.9. The summed E-state index contributed by atoms with van der Waals surface area (Å²) in [6, 6.07) is 10.2. The van der Waals surface area contributed by atoms with Crippen molar-refractivity contribution in [1.29, 1.82) is 0 Å². The van der Waals surface area contributed by atoms with Crippen molar-refractivity contribution in [2.24, 2.45) is 0 Å².